The second-order valence-corrected chi connectivity index (χ2v) is 14.0. The predicted molar refractivity (Wildman–Crippen MR) is 209 cm³/mol. The molecule has 0 bridgehead atoms. The molecule has 0 radical (unpaired) electrons. The summed E-state index contributed by atoms with van der Waals surface area (Å²) in [4.78, 5) is 68.5. The molecule has 5 aromatic rings. The van der Waals surface area contributed by atoms with Crippen LogP contribution in [0.4, 0.5) is 0 Å². The van der Waals surface area contributed by atoms with E-state index in [4.69, 9.17) is 28.4 Å². The SMILES string of the molecule is O=C(O[14CH2][14C@H]1O[14C@H](OC(=O)c2cc(O)c(O)c(O)c2)[14C@H](OC(=O)c2cc(O)c(O)c(O)c2)[14C@@H](OC(=O)c2cc(O)c(O)c(O)c2)[14C@@H]1OC(=O)c1cc(O)c(O)c(O)c1)c1cc(O)c(O)c(O)c1. The van der Waals surface area contributed by atoms with Gasteiger partial charge in [0.25, 0.3) is 0 Å². The third-order valence-corrected chi connectivity index (χ3v) is 9.45. The summed E-state index contributed by atoms with van der Waals surface area (Å²) in [6.45, 7) is -1.25. The normalized spacial score (nSPS) is 17.7. The lowest BCUT2D eigenvalue weighted by atomic mass is 10.2. The maximum atomic E-state index is 13.9. The Labute approximate surface area is 370 Å². The number of benzene rings is 5. The fourth-order valence-electron chi connectivity index (χ4n) is 6.11. The Balaban J connectivity index is 1.52. The zero-order chi connectivity index (χ0) is 49.3. The molecule has 26 nitrogen and oxygen atoms in total. The fourth-order valence-corrected chi connectivity index (χ4v) is 6.11. The number of carbonyl (C=O) groups excluding carboxylic acids is 5. The van der Waals surface area contributed by atoms with E-state index in [-0.39, 0.29) is 0 Å². The van der Waals surface area contributed by atoms with E-state index >= 15 is 0 Å². The van der Waals surface area contributed by atoms with E-state index in [2.05, 4.69) is 0 Å². The Morgan fingerprint density at radius 1 is 0.343 bits per heavy atom. The fraction of sp³-hybridized carbons (Fsp3) is 0.146. The van der Waals surface area contributed by atoms with Gasteiger partial charge in [0.2, 0.25) is 12.4 Å². The lowest BCUT2D eigenvalue weighted by molar-refractivity contribution is -0.282. The summed E-state index contributed by atoms with van der Waals surface area (Å²) in [6.07, 6.45) is -12.2. The highest BCUT2D eigenvalue weighted by atomic mass is 17.2. The van der Waals surface area contributed by atoms with Crippen molar-refractivity contribution in [1.29, 1.82) is 0 Å². The second-order valence-electron chi connectivity index (χ2n) is 14.0. The summed E-state index contributed by atoms with van der Waals surface area (Å²) in [5, 5.41) is 150. The summed E-state index contributed by atoms with van der Waals surface area (Å²) in [5.74, 6) is -24.5. The van der Waals surface area contributed by atoms with E-state index in [9.17, 15) is 101 Å². The quantitative estimate of drug-likeness (QED) is 0.0509. The van der Waals surface area contributed by atoms with E-state index in [1.54, 1.807) is 0 Å². The molecular weight excluding hydrogens is 920 g/mol. The molecule has 67 heavy (non-hydrogen) atoms. The van der Waals surface area contributed by atoms with Crippen molar-refractivity contribution in [2.45, 2.75) is 30.7 Å². The number of aromatic hydroxyl groups is 15. The molecule has 0 aromatic heterocycles. The molecule has 6 rings (SSSR count). The molecule has 0 aliphatic carbocycles. The van der Waals surface area contributed by atoms with E-state index in [1.807, 2.05) is 0 Å². The number of carbonyl (C=O) groups is 5. The van der Waals surface area contributed by atoms with Crippen molar-refractivity contribution >= 4 is 29.8 Å². The Hall–Kier alpha value is -9.59. The van der Waals surface area contributed by atoms with Crippen LogP contribution in [0, 0.1) is 0 Å². The highest BCUT2D eigenvalue weighted by Crippen LogP contribution is 2.41. The molecule has 15 N–H and O–H groups in total. The average Bonchev–Trinajstić information content (AvgIpc) is 3.27. The monoisotopic (exact) mass is 952 g/mol. The first kappa shape index (κ1) is 46.9. The van der Waals surface area contributed by atoms with Crippen LogP contribution in [0.25, 0.3) is 0 Å². The standard InChI is InChI=1S/C41H32O26/c42-17-1-12(2-18(43)28(17)52)36(57)62-11-27-33(64-37(58)13-3-19(44)29(53)20(45)4-13)34(65-38(59)14-5-21(46)30(54)22(47)6-14)35(66-39(60)15-7-23(48)31(55)24(49)8-15)41(63-27)67-40(61)16-9-25(50)32(56)26(51)10-16/h1-10,27,33-35,41-56H,11H2/t27-,33-,34+,35-,41-/m1/s1/i11+2,27+2,33+2,34+2,35+2,41+2. The van der Waals surface area contributed by atoms with Crippen molar-refractivity contribution in [3.05, 3.63) is 88.5 Å². The number of phenolic OH excluding ortho intramolecular Hbond substituents is 15. The third-order valence-electron chi connectivity index (χ3n) is 9.45. The highest BCUT2D eigenvalue weighted by molar-refractivity contribution is 5.94. The van der Waals surface area contributed by atoms with E-state index in [1.165, 1.54) is 0 Å². The Morgan fingerprint density at radius 2 is 0.582 bits per heavy atom. The van der Waals surface area contributed by atoms with Crippen LogP contribution in [-0.4, -0.2) is 144 Å². The largest absolute Gasteiger partial charge is 0.504 e. The minimum atomic E-state index is -2.56. The van der Waals surface area contributed by atoms with Crippen molar-refractivity contribution in [1.82, 2.24) is 0 Å². The minimum absolute atomic E-state index is 0.534. The molecule has 1 fully saturated rings. The number of ether oxygens (including phenoxy) is 6. The van der Waals surface area contributed by atoms with Crippen LogP contribution in [0.15, 0.2) is 60.7 Å². The van der Waals surface area contributed by atoms with Crippen molar-refractivity contribution in [3.8, 4) is 86.2 Å². The molecule has 0 saturated carbocycles. The van der Waals surface area contributed by atoms with Gasteiger partial charge in [0.15, 0.2) is 98.5 Å². The lowest BCUT2D eigenvalue weighted by Crippen LogP contribution is -2.63. The van der Waals surface area contributed by atoms with Gasteiger partial charge in [-0.1, -0.05) is 0 Å². The van der Waals surface area contributed by atoms with Gasteiger partial charge in [-0.3, -0.25) is 0 Å². The molecule has 26 heteroatoms. The van der Waals surface area contributed by atoms with Crippen LogP contribution in [-0.2, 0) is 28.4 Å². The first-order valence-corrected chi connectivity index (χ1v) is 18.4. The first-order chi connectivity index (χ1) is 31.4. The number of hydrogen-bond donors (Lipinski definition) is 15. The maximum absolute atomic E-state index is 13.9. The zero-order valence-corrected chi connectivity index (χ0v) is 33.1. The zero-order valence-electron chi connectivity index (χ0n) is 33.1. The molecule has 5 aromatic carbocycles. The lowest BCUT2D eigenvalue weighted by Gasteiger charge is -2.43. The highest BCUT2D eigenvalue weighted by Gasteiger charge is 2.55. The topological polar surface area (TPSA) is 444 Å². The summed E-state index contributed by atoms with van der Waals surface area (Å²) < 4.78 is 33.2. The predicted octanol–water partition coefficient (Wildman–Crippen LogP) is 1.69. The molecular formula is C41H32O26. The summed E-state index contributed by atoms with van der Waals surface area (Å²) >= 11 is 0. The molecule has 1 heterocycles. The summed E-state index contributed by atoms with van der Waals surface area (Å²) in [7, 11) is 0. The van der Waals surface area contributed by atoms with Gasteiger partial charge in [-0.25, -0.2) is 24.0 Å². The van der Waals surface area contributed by atoms with Crippen LogP contribution in [0.5, 0.6) is 86.2 Å². The number of esters is 5. The Morgan fingerprint density at radius 3 is 0.881 bits per heavy atom. The van der Waals surface area contributed by atoms with E-state index in [0.29, 0.717) is 60.7 Å². The van der Waals surface area contributed by atoms with Crippen LogP contribution < -0.4 is 0 Å². The van der Waals surface area contributed by atoms with Gasteiger partial charge >= 0.3 is 29.8 Å². The first-order valence-electron chi connectivity index (χ1n) is 18.4. The third kappa shape index (κ3) is 9.67. The molecule has 0 spiro atoms. The van der Waals surface area contributed by atoms with E-state index in [0.717, 1.165) is 0 Å². The van der Waals surface area contributed by atoms with Crippen molar-refractivity contribution < 1.29 is 129 Å². The van der Waals surface area contributed by atoms with Crippen LogP contribution in [0.1, 0.15) is 51.8 Å². The van der Waals surface area contributed by atoms with Crippen molar-refractivity contribution in [2.75, 3.05) is 6.61 Å². The van der Waals surface area contributed by atoms with Crippen molar-refractivity contribution in [3.63, 3.8) is 0 Å². The second kappa shape index (κ2) is 18.3. The van der Waals surface area contributed by atoms with Gasteiger partial charge in [-0.05, 0) is 60.7 Å². The summed E-state index contributed by atoms with van der Waals surface area (Å²) in [5.41, 5.74) is -3.88. The van der Waals surface area contributed by atoms with Crippen LogP contribution in [0.3, 0.4) is 0 Å². The van der Waals surface area contributed by atoms with Crippen molar-refractivity contribution in [2.24, 2.45) is 0 Å². The Kier molecular flexibility index (Phi) is 12.8. The summed E-state index contributed by atoms with van der Waals surface area (Å²) in [6, 6.07) is 5.60. The van der Waals surface area contributed by atoms with E-state index < -0.39 is 181 Å². The number of rotatable bonds is 11. The average molecular weight is 953 g/mol. The molecule has 1 aliphatic heterocycles. The molecule has 0 unspecified atom stereocenters. The minimum Gasteiger partial charge on any atom is -0.504 e. The van der Waals surface area contributed by atoms with Crippen LogP contribution in [0.2, 0.25) is 0 Å². The Bertz CT molecular complexity index is 2720. The molecule has 5 atom stereocenters. The van der Waals surface area contributed by atoms with Crippen LogP contribution >= 0.6 is 0 Å². The number of hydrogen-bond acceptors (Lipinski definition) is 26. The number of phenols is 15. The molecule has 1 saturated heterocycles. The smallest absolute Gasteiger partial charge is 0.340 e. The molecule has 0 amide bonds. The van der Waals surface area contributed by atoms with Gasteiger partial charge in [0, 0.05) is 0 Å². The van der Waals surface area contributed by atoms with Gasteiger partial charge in [0.1, 0.15) is 12.7 Å². The van der Waals surface area contributed by atoms with Gasteiger partial charge in [-0.15, -0.1) is 0 Å². The molecule has 1 aliphatic rings. The van der Waals surface area contributed by atoms with Gasteiger partial charge in [-0.2, -0.15) is 0 Å². The molecule has 352 valence electrons. The maximum Gasteiger partial charge on any atom is 0.340 e. The van der Waals surface area contributed by atoms with Gasteiger partial charge in [0.05, 0.1) is 27.8 Å². The van der Waals surface area contributed by atoms with Gasteiger partial charge < -0.3 is 105 Å².